The fourth-order valence-electron chi connectivity index (χ4n) is 2.03. The molecule has 1 fully saturated rings. The van der Waals surface area contributed by atoms with Gasteiger partial charge in [0.25, 0.3) is 0 Å². The number of thiophene rings is 1. The maximum atomic E-state index is 3.55. The molecule has 0 aromatic carbocycles. The first-order valence-corrected chi connectivity index (χ1v) is 6.88. The van der Waals surface area contributed by atoms with E-state index in [9.17, 15) is 0 Å². The van der Waals surface area contributed by atoms with E-state index in [0.717, 1.165) is 39.1 Å². The largest absolute Gasteiger partial charge is 0.315 e. The Kier molecular flexibility index (Phi) is 4.78. The first-order chi connectivity index (χ1) is 7.86. The Morgan fingerprint density at radius 2 is 2.56 bits per heavy atom. The number of hydrogen-bond acceptors (Lipinski definition) is 4. The van der Waals surface area contributed by atoms with Crippen molar-refractivity contribution in [1.82, 2.24) is 15.5 Å². The van der Waals surface area contributed by atoms with Gasteiger partial charge in [-0.15, -0.1) is 11.3 Å². The molecule has 4 heteroatoms. The molecule has 0 spiro atoms. The summed E-state index contributed by atoms with van der Waals surface area (Å²) in [6.45, 7) is 5.59. The molecule has 1 unspecified atom stereocenters. The Labute approximate surface area is 102 Å². The summed E-state index contributed by atoms with van der Waals surface area (Å²) < 4.78 is 0. The highest BCUT2D eigenvalue weighted by molar-refractivity contribution is 7.09. The summed E-state index contributed by atoms with van der Waals surface area (Å²) in [6.07, 6.45) is 1.15. The van der Waals surface area contributed by atoms with Crippen molar-refractivity contribution in [2.75, 3.05) is 39.8 Å². The molecule has 3 nitrogen and oxygen atoms in total. The van der Waals surface area contributed by atoms with Crippen molar-refractivity contribution < 1.29 is 0 Å². The predicted octanol–water partition coefficient (Wildman–Crippen LogP) is 0.784. The second-order valence-corrected chi connectivity index (χ2v) is 5.40. The lowest BCUT2D eigenvalue weighted by atomic mass is 10.2. The Hall–Kier alpha value is -0.420. The zero-order valence-corrected chi connectivity index (χ0v) is 10.7. The SMILES string of the molecule is CN1CCNCC1CNCCc1cccs1. The number of piperazine rings is 1. The van der Waals surface area contributed by atoms with Gasteiger partial charge in [0.2, 0.25) is 0 Å². The van der Waals surface area contributed by atoms with E-state index < -0.39 is 0 Å². The first-order valence-electron chi connectivity index (χ1n) is 6.00. The number of likely N-dealkylation sites (N-methyl/N-ethyl adjacent to an activating group) is 1. The summed E-state index contributed by atoms with van der Waals surface area (Å²) in [7, 11) is 2.21. The molecule has 1 aliphatic rings. The van der Waals surface area contributed by atoms with Gasteiger partial charge in [-0.3, -0.25) is 4.90 Å². The van der Waals surface area contributed by atoms with Crippen LogP contribution >= 0.6 is 11.3 Å². The highest BCUT2D eigenvalue weighted by Crippen LogP contribution is 2.08. The van der Waals surface area contributed by atoms with Crippen molar-refractivity contribution in [2.24, 2.45) is 0 Å². The van der Waals surface area contributed by atoms with Crippen LogP contribution in [0.25, 0.3) is 0 Å². The number of nitrogens with zero attached hydrogens (tertiary/aromatic N) is 1. The Balaban J connectivity index is 1.60. The molecule has 1 atom stereocenters. The Morgan fingerprint density at radius 1 is 1.62 bits per heavy atom. The molecule has 2 N–H and O–H groups in total. The molecular weight excluding hydrogens is 218 g/mol. The molecule has 1 aromatic rings. The summed E-state index contributed by atoms with van der Waals surface area (Å²) >= 11 is 1.85. The van der Waals surface area contributed by atoms with Gasteiger partial charge in [-0.25, -0.2) is 0 Å². The van der Waals surface area contributed by atoms with Crippen molar-refractivity contribution >= 4 is 11.3 Å². The van der Waals surface area contributed by atoms with Crippen molar-refractivity contribution in [3.8, 4) is 0 Å². The maximum absolute atomic E-state index is 3.55. The summed E-state index contributed by atoms with van der Waals surface area (Å²) in [5.74, 6) is 0. The minimum Gasteiger partial charge on any atom is -0.315 e. The zero-order chi connectivity index (χ0) is 11.2. The third-order valence-corrected chi connectivity index (χ3v) is 4.09. The number of nitrogens with one attached hydrogen (secondary N) is 2. The molecular formula is C12H21N3S. The lowest BCUT2D eigenvalue weighted by Crippen LogP contribution is -2.53. The Bertz CT molecular complexity index is 286. The van der Waals surface area contributed by atoms with Crippen molar-refractivity contribution in [3.05, 3.63) is 22.4 Å². The van der Waals surface area contributed by atoms with Gasteiger partial charge in [0.15, 0.2) is 0 Å². The second kappa shape index (κ2) is 6.35. The summed E-state index contributed by atoms with van der Waals surface area (Å²) in [6, 6.07) is 4.98. The van der Waals surface area contributed by atoms with Crippen molar-refractivity contribution in [1.29, 1.82) is 0 Å². The summed E-state index contributed by atoms with van der Waals surface area (Å²) in [4.78, 5) is 3.91. The molecule has 1 aliphatic heterocycles. The molecule has 0 amide bonds. The smallest absolute Gasteiger partial charge is 0.0342 e. The lowest BCUT2D eigenvalue weighted by molar-refractivity contribution is 0.196. The number of rotatable bonds is 5. The minimum atomic E-state index is 0.650. The third-order valence-electron chi connectivity index (χ3n) is 3.15. The van der Waals surface area contributed by atoms with Crippen LogP contribution in [0.1, 0.15) is 4.88 Å². The van der Waals surface area contributed by atoms with E-state index in [0.29, 0.717) is 6.04 Å². The molecule has 0 bridgehead atoms. The van der Waals surface area contributed by atoms with Gasteiger partial charge in [0.05, 0.1) is 0 Å². The zero-order valence-electron chi connectivity index (χ0n) is 9.91. The van der Waals surface area contributed by atoms with E-state index in [1.807, 2.05) is 11.3 Å². The lowest BCUT2D eigenvalue weighted by Gasteiger charge is -2.33. The van der Waals surface area contributed by atoms with Gasteiger partial charge in [0, 0.05) is 43.6 Å². The van der Waals surface area contributed by atoms with E-state index in [-0.39, 0.29) is 0 Å². The standard InChI is InChI=1S/C12H21N3S/c1-15-7-6-14-10-11(15)9-13-5-4-12-3-2-8-16-12/h2-3,8,11,13-14H,4-7,9-10H2,1H3. The van der Waals surface area contributed by atoms with E-state index in [2.05, 4.69) is 40.1 Å². The molecule has 1 aromatic heterocycles. The molecule has 16 heavy (non-hydrogen) atoms. The molecule has 2 rings (SSSR count). The second-order valence-electron chi connectivity index (χ2n) is 4.37. The normalized spacial score (nSPS) is 22.4. The van der Waals surface area contributed by atoms with Crippen LogP contribution in [0.15, 0.2) is 17.5 Å². The van der Waals surface area contributed by atoms with Gasteiger partial charge in [-0.1, -0.05) is 6.07 Å². The van der Waals surface area contributed by atoms with Crippen LogP contribution in [0.4, 0.5) is 0 Å². The third kappa shape index (κ3) is 3.56. The van der Waals surface area contributed by atoms with Crippen LogP contribution in [0.2, 0.25) is 0 Å². The van der Waals surface area contributed by atoms with Gasteiger partial charge >= 0.3 is 0 Å². The van der Waals surface area contributed by atoms with Crippen LogP contribution < -0.4 is 10.6 Å². The number of hydrogen-bond donors (Lipinski definition) is 2. The highest BCUT2D eigenvalue weighted by Gasteiger charge is 2.17. The van der Waals surface area contributed by atoms with Crippen LogP contribution in [0.3, 0.4) is 0 Å². The van der Waals surface area contributed by atoms with Crippen LogP contribution in [-0.4, -0.2) is 50.7 Å². The minimum absolute atomic E-state index is 0.650. The monoisotopic (exact) mass is 239 g/mol. The fourth-order valence-corrected chi connectivity index (χ4v) is 2.73. The average molecular weight is 239 g/mol. The quantitative estimate of drug-likeness (QED) is 0.744. The van der Waals surface area contributed by atoms with Crippen molar-refractivity contribution in [3.63, 3.8) is 0 Å². The fraction of sp³-hybridized carbons (Fsp3) is 0.667. The van der Waals surface area contributed by atoms with Crippen LogP contribution in [0.5, 0.6) is 0 Å². The van der Waals surface area contributed by atoms with E-state index in [1.54, 1.807) is 0 Å². The molecule has 2 heterocycles. The highest BCUT2D eigenvalue weighted by atomic mass is 32.1. The first kappa shape index (κ1) is 12.0. The molecule has 0 saturated carbocycles. The van der Waals surface area contributed by atoms with Crippen LogP contribution in [0, 0.1) is 0 Å². The molecule has 1 saturated heterocycles. The van der Waals surface area contributed by atoms with E-state index >= 15 is 0 Å². The maximum Gasteiger partial charge on any atom is 0.0342 e. The molecule has 0 aliphatic carbocycles. The van der Waals surface area contributed by atoms with Crippen LogP contribution in [-0.2, 0) is 6.42 Å². The van der Waals surface area contributed by atoms with Crippen molar-refractivity contribution in [2.45, 2.75) is 12.5 Å². The van der Waals surface area contributed by atoms with E-state index in [4.69, 9.17) is 0 Å². The molecule has 0 radical (unpaired) electrons. The average Bonchev–Trinajstić information content (AvgIpc) is 2.79. The Morgan fingerprint density at radius 3 is 3.31 bits per heavy atom. The summed E-state index contributed by atoms with van der Waals surface area (Å²) in [5.41, 5.74) is 0. The molecule has 90 valence electrons. The predicted molar refractivity (Wildman–Crippen MR) is 70.2 cm³/mol. The van der Waals surface area contributed by atoms with E-state index in [1.165, 1.54) is 4.88 Å². The van der Waals surface area contributed by atoms with Gasteiger partial charge < -0.3 is 10.6 Å². The van der Waals surface area contributed by atoms with Gasteiger partial charge in [-0.2, -0.15) is 0 Å². The van der Waals surface area contributed by atoms with Gasteiger partial charge in [0.1, 0.15) is 0 Å². The van der Waals surface area contributed by atoms with Gasteiger partial charge in [-0.05, 0) is 24.9 Å². The summed E-state index contributed by atoms with van der Waals surface area (Å²) in [5, 5.41) is 9.14. The topological polar surface area (TPSA) is 27.3 Å².